The molecule has 1 saturated heterocycles. The lowest BCUT2D eigenvalue weighted by atomic mass is 10.2. The van der Waals surface area contributed by atoms with Crippen LogP contribution in [0.4, 0.5) is 4.79 Å². The largest absolute Gasteiger partial charge is 0.394 e. The van der Waals surface area contributed by atoms with Crippen LogP contribution in [0, 0.1) is 0 Å². The average molecular weight is 267 g/mol. The van der Waals surface area contributed by atoms with Crippen LogP contribution in [-0.4, -0.2) is 56.5 Å². The third kappa shape index (κ3) is 3.23. The Morgan fingerprint density at radius 3 is 3.21 bits per heavy atom. The second-order valence-electron chi connectivity index (χ2n) is 4.70. The summed E-state index contributed by atoms with van der Waals surface area (Å²) in [5, 5.41) is 19.9. The lowest BCUT2D eigenvalue weighted by molar-refractivity contribution is 0.157. The Morgan fingerprint density at radius 2 is 2.47 bits per heavy atom. The first-order chi connectivity index (χ1) is 9.26. The average Bonchev–Trinajstić information content (AvgIpc) is 3.06. The number of aliphatic hydroxyl groups excluding tert-OH is 1. The summed E-state index contributed by atoms with van der Waals surface area (Å²) in [6.07, 6.45) is 4.35. The van der Waals surface area contributed by atoms with E-state index in [1.54, 1.807) is 11.2 Å². The predicted molar refractivity (Wildman–Crippen MR) is 69.6 cm³/mol. The van der Waals surface area contributed by atoms with E-state index in [0.717, 1.165) is 31.6 Å². The Bertz CT molecular complexity index is 420. The van der Waals surface area contributed by atoms with Crippen molar-refractivity contribution in [2.24, 2.45) is 0 Å². The monoisotopic (exact) mass is 267 g/mol. The van der Waals surface area contributed by atoms with Crippen molar-refractivity contribution in [3.63, 3.8) is 0 Å². The van der Waals surface area contributed by atoms with E-state index in [-0.39, 0.29) is 18.7 Å². The van der Waals surface area contributed by atoms with E-state index in [9.17, 15) is 9.90 Å². The summed E-state index contributed by atoms with van der Waals surface area (Å²) in [5.41, 5.74) is 0. The molecule has 0 radical (unpaired) electrons. The summed E-state index contributed by atoms with van der Waals surface area (Å²) >= 11 is 0. The van der Waals surface area contributed by atoms with Gasteiger partial charge in [-0.2, -0.15) is 0 Å². The number of hydrogen-bond acceptors (Lipinski definition) is 4. The first kappa shape index (κ1) is 13.8. The molecule has 1 aliphatic rings. The number of aliphatic hydroxyl groups is 1. The molecule has 2 rings (SSSR count). The summed E-state index contributed by atoms with van der Waals surface area (Å²) in [6.45, 7) is 4.00. The van der Waals surface area contributed by atoms with Gasteiger partial charge >= 0.3 is 6.03 Å². The number of carbonyl (C=O) groups excluding carboxylic acids is 1. The molecule has 0 bridgehead atoms. The zero-order valence-electron chi connectivity index (χ0n) is 11.2. The predicted octanol–water partition coefficient (Wildman–Crippen LogP) is 0.00680. The fourth-order valence-corrected chi connectivity index (χ4v) is 2.42. The van der Waals surface area contributed by atoms with E-state index >= 15 is 0 Å². The molecule has 106 valence electrons. The lowest BCUT2D eigenvalue weighted by Gasteiger charge is -2.23. The van der Waals surface area contributed by atoms with Gasteiger partial charge in [0.05, 0.1) is 12.6 Å². The van der Waals surface area contributed by atoms with Crippen molar-refractivity contribution in [2.45, 2.75) is 38.8 Å². The Hall–Kier alpha value is -1.63. The van der Waals surface area contributed by atoms with Gasteiger partial charge in [-0.25, -0.2) is 4.79 Å². The van der Waals surface area contributed by atoms with Gasteiger partial charge in [-0.05, 0) is 12.8 Å². The molecule has 2 heterocycles. The minimum Gasteiger partial charge on any atom is -0.394 e. The molecule has 2 amide bonds. The van der Waals surface area contributed by atoms with Gasteiger partial charge in [-0.15, -0.1) is 10.2 Å². The van der Waals surface area contributed by atoms with Gasteiger partial charge in [0.2, 0.25) is 0 Å². The van der Waals surface area contributed by atoms with E-state index in [0.29, 0.717) is 13.1 Å². The summed E-state index contributed by atoms with van der Waals surface area (Å²) in [7, 11) is 0. The van der Waals surface area contributed by atoms with Crippen LogP contribution in [-0.2, 0) is 13.0 Å². The van der Waals surface area contributed by atoms with Crippen LogP contribution in [0.1, 0.15) is 25.6 Å². The van der Waals surface area contributed by atoms with Crippen molar-refractivity contribution in [2.75, 3.05) is 19.7 Å². The molecule has 2 N–H and O–H groups in total. The van der Waals surface area contributed by atoms with Crippen LogP contribution in [0.3, 0.4) is 0 Å². The number of hydrogen-bond donors (Lipinski definition) is 2. The van der Waals surface area contributed by atoms with Gasteiger partial charge in [0, 0.05) is 26.1 Å². The number of nitrogens with one attached hydrogen (secondary N) is 1. The van der Waals surface area contributed by atoms with E-state index < -0.39 is 0 Å². The highest BCUT2D eigenvalue weighted by molar-refractivity contribution is 5.74. The quantitative estimate of drug-likeness (QED) is 0.787. The lowest BCUT2D eigenvalue weighted by Crippen LogP contribution is -2.45. The molecule has 7 heteroatoms. The molecule has 7 nitrogen and oxygen atoms in total. The molecule has 0 unspecified atom stereocenters. The molecule has 1 aromatic heterocycles. The van der Waals surface area contributed by atoms with E-state index in [1.807, 2.05) is 11.5 Å². The minimum absolute atomic E-state index is 0.0267. The summed E-state index contributed by atoms with van der Waals surface area (Å²) in [6, 6.07) is -0.121. The van der Waals surface area contributed by atoms with E-state index in [2.05, 4.69) is 15.5 Å². The molecule has 1 fully saturated rings. The first-order valence-corrected chi connectivity index (χ1v) is 6.78. The molecule has 19 heavy (non-hydrogen) atoms. The molecule has 0 spiro atoms. The van der Waals surface area contributed by atoms with Crippen molar-refractivity contribution >= 4 is 6.03 Å². The van der Waals surface area contributed by atoms with Gasteiger partial charge in [0.1, 0.15) is 12.2 Å². The number of rotatable bonds is 5. The van der Waals surface area contributed by atoms with Crippen LogP contribution in [0.2, 0.25) is 0 Å². The Labute approximate surface area is 112 Å². The van der Waals surface area contributed by atoms with Crippen LogP contribution in [0.5, 0.6) is 0 Å². The highest BCUT2D eigenvalue weighted by Gasteiger charge is 2.27. The second kappa shape index (κ2) is 6.51. The van der Waals surface area contributed by atoms with Crippen LogP contribution in [0.25, 0.3) is 0 Å². The molecular formula is C12H21N5O2. The molecular weight excluding hydrogens is 246 g/mol. The van der Waals surface area contributed by atoms with E-state index in [4.69, 9.17) is 0 Å². The molecule has 0 aromatic carbocycles. The Balaban J connectivity index is 1.78. The molecule has 0 saturated carbocycles. The first-order valence-electron chi connectivity index (χ1n) is 6.78. The molecule has 1 atom stereocenters. The van der Waals surface area contributed by atoms with Crippen molar-refractivity contribution in [1.82, 2.24) is 25.0 Å². The highest BCUT2D eigenvalue weighted by atomic mass is 16.3. The third-order valence-electron chi connectivity index (χ3n) is 3.49. The van der Waals surface area contributed by atoms with Crippen molar-refractivity contribution in [1.29, 1.82) is 0 Å². The Morgan fingerprint density at radius 1 is 1.63 bits per heavy atom. The van der Waals surface area contributed by atoms with Crippen molar-refractivity contribution in [3.8, 4) is 0 Å². The van der Waals surface area contributed by atoms with E-state index in [1.165, 1.54) is 0 Å². The summed E-state index contributed by atoms with van der Waals surface area (Å²) < 4.78 is 1.94. The summed E-state index contributed by atoms with van der Waals surface area (Å²) in [5.74, 6) is 0.920. The van der Waals surface area contributed by atoms with Crippen LogP contribution < -0.4 is 5.32 Å². The maximum absolute atomic E-state index is 12.0. The van der Waals surface area contributed by atoms with Crippen molar-refractivity contribution in [3.05, 3.63) is 12.2 Å². The zero-order chi connectivity index (χ0) is 13.7. The SMILES string of the molecule is CCc1nncn1CCNC(=O)N1CCC[C@H]1CO. The zero-order valence-corrected chi connectivity index (χ0v) is 11.2. The maximum atomic E-state index is 12.0. The maximum Gasteiger partial charge on any atom is 0.317 e. The highest BCUT2D eigenvalue weighted by Crippen LogP contribution is 2.16. The number of likely N-dealkylation sites (tertiary alicyclic amines) is 1. The number of carbonyl (C=O) groups is 1. The number of urea groups is 1. The van der Waals surface area contributed by atoms with Gasteiger partial charge < -0.3 is 19.9 Å². The third-order valence-corrected chi connectivity index (χ3v) is 3.49. The van der Waals surface area contributed by atoms with Gasteiger partial charge in [0.25, 0.3) is 0 Å². The molecule has 1 aromatic rings. The normalized spacial score (nSPS) is 18.8. The smallest absolute Gasteiger partial charge is 0.317 e. The number of aryl methyl sites for hydroxylation is 1. The van der Waals surface area contributed by atoms with Gasteiger partial charge in [0.15, 0.2) is 0 Å². The van der Waals surface area contributed by atoms with Crippen LogP contribution in [0.15, 0.2) is 6.33 Å². The van der Waals surface area contributed by atoms with Gasteiger partial charge in [-0.1, -0.05) is 6.92 Å². The fourth-order valence-electron chi connectivity index (χ4n) is 2.42. The fraction of sp³-hybridized carbons (Fsp3) is 0.750. The minimum atomic E-state index is -0.0947. The second-order valence-corrected chi connectivity index (χ2v) is 4.70. The Kier molecular flexibility index (Phi) is 4.73. The number of aromatic nitrogens is 3. The topological polar surface area (TPSA) is 83.3 Å². The standard InChI is InChI=1S/C12H21N5O2/c1-2-11-15-14-9-16(11)7-5-13-12(19)17-6-3-4-10(17)8-18/h9-10,18H,2-8H2,1H3,(H,13,19)/t10-/m0/s1. The molecule has 1 aliphatic heterocycles. The molecule has 0 aliphatic carbocycles. The van der Waals surface area contributed by atoms with Crippen LogP contribution >= 0.6 is 0 Å². The number of nitrogens with zero attached hydrogens (tertiary/aromatic N) is 4. The van der Waals surface area contributed by atoms with Gasteiger partial charge in [-0.3, -0.25) is 0 Å². The van der Waals surface area contributed by atoms with Crippen molar-refractivity contribution < 1.29 is 9.90 Å². The number of amides is 2. The summed E-state index contributed by atoms with van der Waals surface area (Å²) in [4.78, 5) is 13.7.